The largest absolute Gasteiger partial charge is 0.245 e. The first-order chi connectivity index (χ1) is 5.11. The van der Waals surface area contributed by atoms with Crippen molar-refractivity contribution in [3.8, 4) is 0 Å². The van der Waals surface area contributed by atoms with Crippen molar-refractivity contribution in [2.24, 2.45) is 0 Å². The zero-order valence-electron chi connectivity index (χ0n) is 6.44. The highest BCUT2D eigenvalue weighted by atomic mass is 79.9. The SMILES string of the molecule is CC(C)c1nc(Br)ccc1Br. The molecular formula is C8H9Br2N. The first kappa shape index (κ1) is 9.20. The molecule has 3 heteroatoms. The van der Waals surface area contributed by atoms with E-state index in [9.17, 15) is 0 Å². The van der Waals surface area contributed by atoms with E-state index < -0.39 is 0 Å². The van der Waals surface area contributed by atoms with Crippen LogP contribution in [0.25, 0.3) is 0 Å². The molecule has 0 aliphatic rings. The first-order valence-corrected chi connectivity index (χ1v) is 5.02. The van der Waals surface area contributed by atoms with Gasteiger partial charge in [-0.05, 0) is 49.9 Å². The molecule has 0 aliphatic carbocycles. The Bertz CT molecular complexity index is 258. The van der Waals surface area contributed by atoms with Crippen LogP contribution < -0.4 is 0 Å². The highest BCUT2D eigenvalue weighted by Gasteiger charge is 2.05. The van der Waals surface area contributed by atoms with Gasteiger partial charge in [0.25, 0.3) is 0 Å². The number of halogens is 2. The second-order valence-corrected chi connectivity index (χ2v) is 4.32. The van der Waals surface area contributed by atoms with Gasteiger partial charge >= 0.3 is 0 Å². The molecule has 0 radical (unpaired) electrons. The molecular weight excluding hydrogens is 270 g/mol. The molecule has 0 saturated carbocycles. The van der Waals surface area contributed by atoms with Gasteiger partial charge in [0.2, 0.25) is 0 Å². The van der Waals surface area contributed by atoms with Crippen LogP contribution in [0.15, 0.2) is 21.2 Å². The van der Waals surface area contributed by atoms with E-state index >= 15 is 0 Å². The molecule has 60 valence electrons. The van der Waals surface area contributed by atoms with E-state index in [1.807, 2.05) is 12.1 Å². The van der Waals surface area contributed by atoms with Crippen LogP contribution in [0.2, 0.25) is 0 Å². The predicted molar refractivity (Wildman–Crippen MR) is 53.7 cm³/mol. The molecule has 1 aromatic heterocycles. The number of rotatable bonds is 1. The topological polar surface area (TPSA) is 12.9 Å². The minimum absolute atomic E-state index is 0.460. The summed E-state index contributed by atoms with van der Waals surface area (Å²) >= 11 is 6.78. The fraction of sp³-hybridized carbons (Fsp3) is 0.375. The fourth-order valence-electron chi connectivity index (χ4n) is 0.838. The van der Waals surface area contributed by atoms with Gasteiger partial charge in [0.15, 0.2) is 0 Å². The van der Waals surface area contributed by atoms with E-state index in [0.717, 1.165) is 14.8 Å². The Morgan fingerprint density at radius 2 is 1.91 bits per heavy atom. The first-order valence-electron chi connectivity index (χ1n) is 3.43. The molecule has 1 rings (SSSR count). The van der Waals surface area contributed by atoms with Crippen LogP contribution in [0, 0.1) is 0 Å². The molecule has 1 heterocycles. The van der Waals surface area contributed by atoms with E-state index in [1.165, 1.54) is 0 Å². The van der Waals surface area contributed by atoms with Crippen molar-refractivity contribution in [3.63, 3.8) is 0 Å². The quantitative estimate of drug-likeness (QED) is 0.714. The molecule has 0 saturated heterocycles. The van der Waals surface area contributed by atoms with E-state index in [1.54, 1.807) is 0 Å². The van der Waals surface area contributed by atoms with Gasteiger partial charge in [-0.2, -0.15) is 0 Å². The summed E-state index contributed by atoms with van der Waals surface area (Å²) in [5.41, 5.74) is 1.10. The standard InChI is InChI=1S/C8H9Br2N/c1-5(2)8-6(9)3-4-7(10)11-8/h3-5H,1-2H3. The normalized spacial score (nSPS) is 10.6. The Balaban J connectivity index is 3.13. The average molecular weight is 279 g/mol. The van der Waals surface area contributed by atoms with Crippen LogP contribution in [-0.4, -0.2) is 4.98 Å². The van der Waals surface area contributed by atoms with Crippen molar-refractivity contribution >= 4 is 31.9 Å². The van der Waals surface area contributed by atoms with Crippen LogP contribution >= 0.6 is 31.9 Å². The van der Waals surface area contributed by atoms with Crippen LogP contribution in [0.1, 0.15) is 25.5 Å². The summed E-state index contributed by atoms with van der Waals surface area (Å²) in [4.78, 5) is 4.34. The molecule has 0 atom stereocenters. The number of nitrogens with zero attached hydrogens (tertiary/aromatic N) is 1. The molecule has 11 heavy (non-hydrogen) atoms. The van der Waals surface area contributed by atoms with Gasteiger partial charge in [-0.25, -0.2) is 4.98 Å². The molecule has 0 aliphatic heterocycles. The maximum atomic E-state index is 4.34. The summed E-state index contributed by atoms with van der Waals surface area (Å²) in [6.07, 6.45) is 0. The summed E-state index contributed by atoms with van der Waals surface area (Å²) < 4.78 is 1.97. The van der Waals surface area contributed by atoms with Crippen LogP contribution in [0.3, 0.4) is 0 Å². The Morgan fingerprint density at radius 1 is 1.27 bits per heavy atom. The molecule has 0 amide bonds. The summed E-state index contributed by atoms with van der Waals surface area (Å²) in [5, 5.41) is 0. The monoisotopic (exact) mass is 277 g/mol. The van der Waals surface area contributed by atoms with Crippen molar-refractivity contribution in [2.45, 2.75) is 19.8 Å². The number of aromatic nitrogens is 1. The van der Waals surface area contributed by atoms with E-state index in [0.29, 0.717) is 5.92 Å². The van der Waals surface area contributed by atoms with Gasteiger partial charge in [-0.15, -0.1) is 0 Å². The van der Waals surface area contributed by atoms with Gasteiger partial charge in [0.05, 0.1) is 5.69 Å². The van der Waals surface area contributed by atoms with E-state index in [-0.39, 0.29) is 0 Å². The van der Waals surface area contributed by atoms with Crippen LogP contribution in [0.4, 0.5) is 0 Å². The van der Waals surface area contributed by atoms with Gasteiger partial charge in [-0.1, -0.05) is 13.8 Å². The minimum atomic E-state index is 0.460. The van der Waals surface area contributed by atoms with Crippen LogP contribution in [0.5, 0.6) is 0 Å². The lowest BCUT2D eigenvalue weighted by atomic mass is 10.1. The lowest BCUT2D eigenvalue weighted by Crippen LogP contribution is -1.93. The minimum Gasteiger partial charge on any atom is -0.245 e. The summed E-state index contributed by atoms with van der Waals surface area (Å²) in [5.74, 6) is 0.460. The Kier molecular flexibility index (Phi) is 3.07. The van der Waals surface area contributed by atoms with E-state index in [4.69, 9.17) is 0 Å². The summed E-state index contributed by atoms with van der Waals surface area (Å²) in [7, 11) is 0. The molecule has 0 N–H and O–H groups in total. The Morgan fingerprint density at radius 3 is 2.36 bits per heavy atom. The smallest absolute Gasteiger partial charge is 0.106 e. The lowest BCUT2D eigenvalue weighted by Gasteiger charge is -2.06. The molecule has 0 fully saturated rings. The number of hydrogen-bond donors (Lipinski definition) is 0. The third-order valence-corrected chi connectivity index (χ3v) is 2.50. The Hall–Kier alpha value is 0.110. The third-order valence-electron chi connectivity index (χ3n) is 1.39. The molecule has 0 spiro atoms. The third kappa shape index (κ3) is 2.27. The second-order valence-electron chi connectivity index (χ2n) is 2.66. The second kappa shape index (κ2) is 3.68. The summed E-state index contributed by atoms with van der Waals surface area (Å²) in [6.45, 7) is 4.25. The summed E-state index contributed by atoms with van der Waals surface area (Å²) in [6, 6.07) is 3.93. The average Bonchev–Trinajstić information content (AvgIpc) is 1.94. The molecule has 0 aromatic carbocycles. The van der Waals surface area contributed by atoms with Gasteiger partial charge in [0, 0.05) is 4.47 Å². The van der Waals surface area contributed by atoms with Crippen molar-refractivity contribution < 1.29 is 0 Å². The maximum absolute atomic E-state index is 4.34. The van der Waals surface area contributed by atoms with Gasteiger partial charge < -0.3 is 0 Å². The van der Waals surface area contributed by atoms with Crippen molar-refractivity contribution in [1.29, 1.82) is 0 Å². The van der Waals surface area contributed by atoms with Gasteiger partial charge in [-0.3, -0.25) is 0 Å². The predicted octanol–water partition coefficient (Wildman–Crippen LogP) is 3.73. The highest BCUT2D eigenvalue weighted by Crippen LogP contribution is 2.24. The maximum Gasteiger partial charge on any atom is 0.106 e. The van der Waals surface area contributed by atoms with Crippen molar-refractivity contribution in [2.75, 3.05) is 0 Å². The molecule has 1 nitrogen and oxygen atoms in total. The van der Waals surface area contributed by atoms with E-state index in [2.05, 4.69) is 50.7 Å². The zero-order valence-corrected chi connectivity index (χ0v) is 9.61. The highest BCUT2D eigenvalue weighted by molar-refractivity contribution is 9.11. The van der Waals surface area contributed by atoms with Gasteiger partial charge in [0.1, 0.15) is 4.60 Å². The Labute approximate surface area is 83.5 Å². The molecule has 0 bridgehead atoms. The zero-order chi connectivity index (χ0) is 8.43. The lowest BCUT2D eigenvalue weighted by molar-refractivity contribution is 0.811. The molecule has 0 unspecified atom stereocenters. The van der Waals surface area contributed by atoms with Crippen LogP contribution in [-0.2, 0) is 0 Å². The van der Waals surface area contributed by atoms with Crippen molar-refractivity contribution in [1.82, 2.24) is 4.98 Å². The van der Waals surface area contributed by atoms with Crippen molar-refractivity contribution in [3.05, 3.63) is 26.9 Å². The fourth-order valence-corrected chi connectivity index (χ4v) is 1.84. The number of hydrogen-bond acceptors (Lipinski definition) is 1. The molecule has 1 aromatic rings. The number of pyridine rings is 1.